The summed E-state index contributed by atoms with van der Waals surface area (Å²) in [6.45, 7) is 5.21. The van der Waals surface area contributed by atoms with Crippen LogP contribution in [0, 0.1) is 23.1 Å². The number of benzene rings is 2. The van der Waals surface area contributed by atoms with Gasteiger partial charge in [-0.3, -0.25) is 9.69 Å². The summed E-state index contributed by atoms with van der Waals surface area (Å²) in [5, 5.41) is 9.65. The van der Waals surface area contributed by atoms with Crippen LogP contribution in [0.5, 0.6) is 5.75 Å². The second kappa shape index (κ2) is 13.5. The zero-order chi connectivity index (χ0) is 34.1. The molecule has 3 heterocycles. The normalized spacial score (nSPS) is 22.4. The number of aromatic nitrogens is 1. The fourth-order valence-electron chi connectivity index (χ4n) is 7.49. The van der Waals surface area contributed by atoms with E-state index in [1.165, 1.54) is 24.8 Å². The van der Waals surface area contributed by atoms with Crippen LogP contribution in [0.1, 0.15) is 61.5 Å². The van der Waals surface area contributed by atoms with Crippen molar-refractivity contribution in [1.29, 1.82) is 0 Å². The van der Waals surface area contributed by atoms with Gasteiger partial charge in [0.2, 0.25) is 0 Å². The molecular weight excluding hydrogens is 626 g/mol. The maximum atomic E-state index is 14.6. The lowest BCUT2D eigenvalue weighted by Crippen LogP contribution is -2.66. The Bertz CT molecular complexity index is 1700. The standard InChI is InChI=1S/C36H43F4N5O3/c1-34(44-21-35(22-44)13-16-48-17-14-35)11-9-24(10-12-34)43-29-7-4-8-31-27(29)18-25(45(31)23-36(38,39)40)6-5-15-42-30-20-28(37)26(33(46)41-2)19-32(30)47-3/h4,7-8,18-20,24,42-43H,9-17,21-23H2,1-3H3,(H,41,46). The zero-order valence-corrected chi connectivity index (χ0v) is 27.7. The van der Waals surface area contributed by atoms with Crippen LogP contribution in [0.3, 0.4) is 0 Å². The molecule has 6 rings (SSSR count). The van der Waals surface area contributed by atoms with Crippen molar-refractivity contribution in [3.05, 3.63) is 53.5 Å². The molecule has 1 aliphatic carbocycles. The van der Waals surface area contributed by atoms with Gasteiger partial charge in [0.05, 0.1) is 36.1 Å². The number of alkyl halides is 3. The Morgan fingerprint density at radius 3 is 2.48 bits per heavy atom. The van der Waals surface area contributed by atoms with Crippen molar-refractivity contribution in [2.24, 2.45) is 5.41 Å². The third-order valence-corrected chi connectivity index (χ3v) is 10.4. The first kappa shape index (κ1) is 33.9. The predicted molar refractivity (Wildman–Crippen MR) is 178 cm³/mol. The molecule has 8 nitrogen and oxygen atoms in total. The molecule has 1 spiro atoms. The molecule has 12 heteroatoms. The first-order valence-electron chi connectivity index (χ1n) is 16.5. The summed E-state index contributed by atoms with van der Waals surface area (Å²) in [5.74, 6) is 4.65. The van der Waals surface area contributed by atoms with Crippen LogP contribution in [-0.2, 0) is 11.3 Å². The number of ether oxygens (including phenoxy) is 2. The van der Waals surface area contributed by atoms with Crippen molar-refractivity contribution < 1.29 is 31.8 Å². The van der Waals surface area contributed by atoms with Crippen LogP contribution in [0.2, 0.25) is 0 Å². The smallest absolute Gasteiger partial charge is 0.406 e. The van der Waals surface area contributed by atoms with Gasteiger partial charge in [0.1, 0.15) is 18.1 Å². The molecule has 3 N–H and O–H groups in total. The van der Waals surface area contributed by atoms with Crippen LogP contribution >= 0.6 is 0 Å². The van der Waals surface area contributed by atoms with Gasteiger partial charge in [-0.05, 0) is 75.6 Å². The van der Waals surface area contributed by atoms with Crippen molar-refractivity contribution in [2.75, 3.05) is 57.6 Å². The number of halogens is 4. The summed E-state index contributed by atoms with van der Waals surface area (Å²) in [6, 6.07) is 9.71. The van der Waals surface area contributed by atoms with Crippen molar-refractivity contribution >= 4 is 28.2 Å². The first-order chi connectivity index (χ1) is 22.9. The summed E-state index contributed by atoms with van der Waals surface area (Å²) in [6.07, 6.45) is 1.94. The molecule has 3 fully saturated rings. The number of carbonyl (C=O) groups is 1. The van der Waals surface area contributed by atoms with E-state index in [-0.39, 0.29) is 40.8 Å². The maximum absolute atomic E-state index is 14.6. The fraction of sp³-hybridized carbons (Fsp3) is 0.528. The highest BCUT2D eigenvalue weighted by Crippen LogP contribution is 2.47. The second-order valence-corrected chi connectivity index (χ2v) is 13.6. The molecule has 1 saturated carbocycles. The SMILES string of the molecule is CNC(=O)c1cc(OC)c(NCC#Cc2cc3c(NC4CCC(C)(N5CC6(CCOCC6)C5)CC4)cccc3n2CC(F)(F)F)cc1F. The Morgan fingerprint density at radius 1 is 1.08 bits per heavy atom. The van der Waals surface area contributed by atoms with Gasteiger partial charge in [-0.2, -0.15) is 13.2 Å². The van der Waals surface area contributed by atoms with E-state index in [1.807, 2.05) is 6.07 Å². The van der Waals surface area contributed by atoms with E-state index >= 15 is 0 Å². The van der Waals surface area contributed by atoms with Crippen molar-refractivity contribution in [3.8, 4) is 17.6 Å². The van der Waals surface area contributed by atoms with E-state index in [1.54, 1.807) is 18.2 Å². The Labute approximate surface area is 278 Å². The average Bonchev–Trinajstić information content (AvgIpc) is 3.39. The fourth-order valence-corrected chi connectivity index (χ4v) is 7.49. The number of nitrogens with zero attached hydrogens (tertiary/aromatic N) is 2. The highest BCUT2D eigenvalue weighted by molar-refractivity contribution is 5.95. The third kappa shape index (κ3) is 7.08. The molecule has 2 aromatic carbocycles. The molecule has 1 aromatic heterocycles. The van der Waals surface area contributed by atoms with Crippen molar-refractivity contribution in [2.45, 2.75) is 69.8 Å². The van der Waals surface area contributed by atoms with Gasteiger partial charge in [-0.15, -0.1) is 0 Å². The minimum atomic E-state index is -4.45. The van der Waals surface area contributed by atoms with Crippen molar-refractivity contribution in [3.63, 3.8) is 0 Å². The Morgan fingerprint density at radius 2 is 1.81 bits per heavy atom. The van der Waals surface area contributed by atoms with E-state index in [9.17, 15) is 22.4 Å². The molecule has 3 aliphatic rings. The number of carbonyl (C=O) groups excluding carboxylic acids is 1. The van der Waals surface area contributed by atoms with E-state index < -0.39 is 24.4 Å². The average molecular weight is 670 g/mol. The van der Waals surface area contributed by atoms with Crippen LogP contribution in [-0.4, -0.2) is 80.1 Å². The molecule has 48 heavy (non-hydrogen) atoms. The Kier molecular flexibility index (Phi) is 9.55. The number of amides is 1. The molecule has 0 atom stereocenters. The molecule has 0 radical (unpaired) electrons. The minimum absolute atomic E-state index is 0.000524. The van der Waals surface area contributed by atoms with Crippen molar-refractivity contribution in [1.82, 2.24) is 14.8 Å². The van der Waals surface area contributed by atoms with Crippen LogP contribution in [0.15, 0.2) is 36.4 Å². The van der Waals surface area contributed by atoms with Crippen LogP contribution in [0.25, 0.3) is 10.9 Å². The van der Waals surface area contributed by atoms with E-state index in [4.69, 9.17) is 9.47 Å². The number of fused-ring (bicyclic) bond motifs is 1. The lowest BCUT2D eigenvalue weighted by Gasteiger charge is -2.60. The lowest BCUT2D eigenvalue weighted by atomic mass is 9.68. The molecule has 1 amide bonds. The quantitative estimate of drug-likeness (QED) is 0.190. The highest BCUT2D eigenvalue weighted by Gasteiger charge is 2.50. The summed E-state index contributed by atoms with van der Waals surface area (Å²) in [5.41, 5.74) is 2.16. The highest BCUT2D eigenvalue weighted by atomic mass is 19.4. The Hall–Kier alpha value is -3.95. The number of hydrogen-bond acceptors (Lipinski definition) is 6. The van der Waals surface area contributed by atoms with Gasteiger partial charge in [-0.1, -0.05) is 12.0 Å². The summed E-state index contributed by atoms with van der Waals surface area (Å²) >= 11 is 0. The topological polar surface area (TPSA) is 79.8 Å². The van der Waals surface area contributed by atoms with E-state index in [0.717, 1.165) is 76.6 Å². The second-order valence-electron chi connectivity index (χ2n) is 13.6. The lowest BCUT2D eigenvalue weighted by molar-refractivity contribution is -0.140. The molecule has 2 saturated heterocycles. The third-order valence-electron chi connectivity index (χ3n) is 10.4. The maximum Gasteiger partial charge on any atom is 0.406 e. The predicted octanol–water partition coefficient (Wildman–Crippen LogP) is 6.40. The molecular formula is C36H43F4N5O3. The zero-order valence-electron chi connectivity index (χ0n) is 27.7. The Balaban J connectivity index is 1.16. The van der Waals surface area contributed by atoms with Crippen LogP contribution in [0.4, 0.5) is 28.9 Å². The van der Waals surface area contributed by atoms with Crippen LogP contribution < -0.4 is 20.7 Å². The van der Waals surface area contributed by atoms with Gasteiger partial charge in [-0.25, -0.2) is 4.39 Å². The molecule has 0 bridgehead atoms. The van der Waals surface area contributed by atoms with Gasteiger partial charge in [0.25, 0.3) is 5.91 Å². The van der Waals surface area contributed by atoms with E-state index in [2.05, 4.69) is 39.6 Å². The number of methoxy groups -OCH3 is 1. The monoisotopic (exact) mass is 669 g/mol. The van der Waals surface area contributed by atoms with Gasteiger partial charge >= 0.3 is 6.18 Å². The number of rotatable bonds is 8. The summed E-state index contributed by atoms with van der Waals surface area (Å²) in [7, 11) is 2.79. The van der Waals surface area contributed by atoms with E-state index in [0.29, 0.717) is 16.3 Å². The van der Waals surface area contributed by atoms with Gasteiger partial charge < -0.3 is 30.0 Å². The number of anilines is 2. The molecule has 258 valence electrons. The largest absolute Gasteiger partial charge is 0.495 e. The number of likely N-dealkylation sites (tertiary alicyclic amines) is 1. The summed E-state index contributed by atoms with van der Waals surface area (Å²) in [4.78, 5) is 14.6. The number of nitrogens with one attached hydrogen (secondary N) is 3. The van der Waals surface area contributed by atoms with Gasteiger partial charge in [0, 0.05) is 67.5 Å². The molecule has 2 aliphatic heterocycles. The van der Waals surface area contributed by atoms with Gasteiger partial charge in [0.15, 0.2) is 0 Å². The molecule has 3 aromatic rings. The minimum Gasteiger partial charge on any atom is -0.495 e. The summed E-state index contributed by atoms with van der Waals surface area (Å²) < 4.78 is 67.9. The first-order valence-corrected chi connectivity index (χ1v) is 16.5. The molecule has 0 unspecified atom stereocenters. The number of hydrogen-bond donors (Lipinski definition) is 3.